The van der Waals surface area contributed by atoms with Gasteiger partial charge >= 0.3 is 5.97 Å². The number of ether oxygens (including phenoxy) is 1. The van der Waals surface area contributed by atoms with E-state index in [9.17, 15) is 19.8 Å². The van der Waals surface area contributed by atoms with Gasteiger partial charge in [0.2, 0.25) is 5.91 Å². The van der Waals surface area contributed by atoms with Crippen molar-refractivity contribution in [2.24, 2.45) is 0 Å². The zero-order valence-electron chi connectivity index (χ0n) is 46.3. The van der Waals surface area contributed by atoms with Gasteiger partial charge < -0.3 is 20.3 Å². The van der Waals surface area contributed by atoms with Gasteiger partial charge in [0.1, 0.15) is 0 Å². The van der Waals surface area contributed by atoms with Gasteiger partial charge in [-0.05, 0) is 51.4 Å². The molecule has 3 N–H and O–H groups in total. The van der Waals surface area contributed by atoms with Crippen LogP contribution in [0.4, 0.5) is 0 Å². The fourth-order valence-electron chi connectivity index (χ4n) is 9.45. The van der Waals surface area contributed by atoms with Gasteiger partial charge in [0.25, 0.3) is 0 Å². The molecular weight excluding hydrogens is 851 g/mol. The summed E-state index contributed by atoms with van der Waals surface area (Å²) >= 11 is 0. The summed E-state index contributed by atoms with van der Waals surface area (Å²) in [6, 6.07) is -0.673. The van der Waals surface area contributed by atoms with E-state index in [2.05, 4.69) is 37.4 Å². The Bertz CT molecular complexity index is 1120. The van der Waals surface area contributed by atoms with Crippen LogP contribution in [0.5, 0.6) is 0 Å². The van der Waals surface area contributed by atoms with Crippen molar-refractivity contribution >= 4 is 11.9 Å². The number of aliphatic hydroxyl groups excluding tert-OH is 2. The molecule has 0 aromatic heterocycles. The molecule has 0 aromatic carbocycles. The summed E-state index contributed by atoms with van der Waals surface area (Å²) in [6.45, 7) is 4.86. The lowest BCUT2D eigenvalue weighted by atomic mass is 10.0. The third-order valence-electron chi connectivity index (χ3n) is 14.2. The van der Waals surface area contributed by atoms with Crippen LogP contribution in [0.1, 0.15) is 328 Å². The van der Waals surface area contributed by atoms with Crippen molar-refractivity contribution in [1.82, 2.24) is 5.32 Å². The fourth-order valence-corrected chi connectivity index (χ4v) is 9.45. The summed E-state index contributed by atoms with van der Waals surface area (Å²) in [6.07, 6.45) is 73.4. The minimum Gasteiger partial charge on any atom is -0.466 e. The summed E-state index contributed by atoms with van der Waals surface area (Å²) in [4.78, 5) is 24.5. The number of nitrogens with one attached hydrogen (secondary N) is 1. The number of aliphatic hydroxyl groups is 2. The van der Waals surface area contributed by atoms with Gasteiger partial charge in [0, 0.05) is 12.8 Å². The van der Waals surface area contributed by atoms with E-state index in [0.29, 0.717) is 25.9 Å². The minimum absolute atomic E-state index is 0.0151. The van der Waals surface area contributed by atoms with Crippen LogP contribution in [-0.4, -0.2) is 47.4 Å². The van der Waals surface area contributed by atoms with Crippen LogP contribution in [0.25, 0.3) is 0 Å². The number of hydrogen-bond acceptors (Lipinski definition) is 5. The lowest BCUT2D eigenvalue weighted by molar-refractivity contribution is -0.143. The maximum Gasteiger partial charge on any atom is 0.305 e. The van der Waals surface area contributed by atoms with Gasteiger partial charge in [-0.25, -0.2) is 0 Å². The number of allylic oxidation sites excluding steroid dienone is 5. The molecule has 6 nitrogen and oxygen atoms in total. The molecule has 0 aliphatic carbocycles. The molecule has 406 valence electrons. The van der Waals surface area contributed by atoms with E-state index in [1.807, 2.05) is 12.2 Å². The van der Waals surface area contributed by atoms with Gasteiger partial charge in [-0.2, -0.15) is 0 Å². The Morgan fingerprint density at radius 2 is 0.739 bits per heavy atom. The van der Waals surface area contributed by atoms with Crippen LogP contribution in [-0.2, 0) is 14.3 Å². The highest BCUT2D eigenvalue weighted by Crippen LogP contribution is 2.17. The zero-order valence-corrected chi connectivity index (χ0v) is 46.3. The van der Waals surface area contributed by atoms with Crippen molar-refractivity contribution in [1.29, 1.82) is 0 Å². The van der Waals surface area contributed by atoms with E-state index in [-0.39, 0.29) is 18.5 Å². The van der Waals surface area contributed by atoms with E-state index >= 15 is 0 Å². The smallest absolute Gasteiger partial charge is 0.305 e. The Hall–Kier alpha value is -1.92. The summed E-state index contributed by atoms with van der Waals surface area (Å²) in [7, 11) is 0. The molecule has 0 aliphatic rings. The molecule has 0 fully saturated rings. The first-order valence-electron chi connectivity index (χ1n) is 30.8. The maximum absolute atomic E-state index is 12.5. The summed E-state index contributed by atoms with van der Waals surface area (Å²) in [5, 5.41) is 23.1. The quantitative estimate of drug-likeness (QED) is 0.0321. The standard InChI is InChI=1S/C63H119NO5/c1-3-5-7-9-11-13-15-17-19-20-21-22-23-24-25-26-27-29-31-35-39-43-47-51-55-61(66)60(59-65)64-62(67)56-52-48-44-40-36-32-30-34-38-42-46-50-54-58-69-63(68)57-53-49-45-41-37-33-28-18-16-14-12-10-8-6-4-2/h32,36,44,48,51,55,60-61,65-66H,3-31,33-35,37-43,45-47,49-50,52-54,56-59H2,1-2H3,(H,64,67)/b36-32-,48-44-,55-51+. The number of carbonyl (C=O) groups excluding carboxylic acids is 2. The molecule has 2 unspecified atom stereocenters. The predicted molar refractivity (Wildman–Crippen MR) is 301 cm³/mol. The Labute approximate surface area is 430 Å². The van der Waals surface area contributed by atoms with Crippen molar-refractivity contribution in [3.05, 3.63) is 36.5 Å². The highest BCUT2D eigenvalue weighted by atomic mass is 16.5. The Kier molecular flexibility index (Phi) is 57.0. The average molecular weight is 971 g/mol. The third kappa shape index (κ3) is 55.2. The number of carbonyl (C=O) groups is 2. The second kappa shape index (κ2) is 58.6. The first-order chi connectivity index (χ1) is 34.0. The molecule has 0 saturated carbocycles. The van der Waals surface area contributed by atoms with Crippen molar-refractivity contribution in [3.8, 4) is 0 Å². The number of esters is 1. The monoisotopic (exact) mass is 970 g/mol. The van der Waals surface area contributed by atoms with Crippen LogP contribution in [0, 0.1) is 0 Å². The van der Waals surface area contributed by atoms with E-state index in [1.165, 1.54) is 244 Å². The molecule has 0 heterocycles. The van der Waals surface area contributed by atoms with Crippen LogP contribution in [0.15, 0.2) is 36.5 Å². The fraction of sp³-hybridized carbons (Fsp3) is 0.873. The molecule has 0 aromatic rings. The molecule has 0 saturated heterocycles. The minimum atomic E-state index is -0.880. The zero-order chi connectivity index (χ0) is 50.0. The van der Waals surface area contributed by atoms with Gasteiger partial charge in [-0.3, -0.25) is 9.59 Å². The van der Waals surface area contributed by atoms with E-state index in [1.54, 1.807) is 6.08 Å². The number of rotatable bonds is 57. The highest BCUT2D eigenvalue weighted by Gasteiger charge is 2.17. The van der Waals surface area contributed by atoms with E-state index in [0.717, 1.165) is 51.4 Å². The second-order valence-electron chi connectivity index (χ2n) is 21.0. The first-order valence-corrected chi connectivity index (χ1v) is 30.8. The van der Waals surface area contributed by atoms with Crippen molar-refractivity contribution < 1.29 is 24.5 Å². The molecule has 0 spiro atoms. The summed E-state index contributed by atoms with van der Waals surface area (Å²) in [5.41, 5.74) is 0. The first kappa shape index (κ1) is 67.1. The van der Waals surface area contributed by atoms with Crippen molar-refractivity contribution in [2.45, 2.75) is 341 Å². The molecule has 0 aliphatic heterocycles. The lowest BCUT2D eigenvalue weighted by Gasteiger charge is -2.19. The Morgan fingerprint density at radius 3 is 1.13 bits per heavy atom. The molecule has 69 heavy (non-hydrogen) atoms. The maximum atomic E-state index is 12.5. The predicted octanol–water partition coefficient (Wildman–Crippen LogP) is 19.2. The van der Waals surface area contributed by atoms with E-state index < -0.39 is 12.1 Å². The number of hydrogen-bond donors (Lipinski definition) is 3. The average Bonchev–Trinajstić information content (AvgIpc) is 3.35. The van der Waals surface area contributed by atoms with Gasteiger partial charge in [0.05, 0.1) is 25.4 Å². The number of unbranched alkanes of at least 4 members (excludes halogenated alkanes) is 42. The molecule has 0 radical (unpaired) electrons. The molecule has 0 bridgehead atoms. The molecule has 6 heteroatoms. The third-order valence-corrected chi connectivity index (χ3v) is 14.2. The molecule has 0 rings (SSSR count). The summed E-state index contributed by atoms with van der Waals surface area (Å²) < 4.78 is 5.47. The number of amides is 1. The highest BCUT2D eigenvalue weighted by molar-refractivity contribution is 5.76. The SMILES string of the molecule is CCCCCCCCCCCCCCCCCCCCCCCC/C=C/C(O)C(CO)NC(=O)CC/C=C\C/C=C\CCCCCCCCOC(=O)CCCCCCCCCCCCCCCCC. The Balaban J connectivity index is 3.55. The van der Waals surface area contributed by atoms with Crippen molar-refractivity contribution in [2.75, 3.05) is 13.2 Å². The van der Waals surface area contributed by atoms with Gasteiger partial charge in [-0.1, -0.05) is 301 Å². The van der Waals surface area contributed by atoms with Crippen LogP contribution >= 0.6 is 0 Å². The topological polar surface area (TPSA) is 95.9 Å². The molecule has 1 amide bonds. The van der Waals surface area contributed by atoms with Gasteiger partial charge in [0.15, 0.2) is 0 Å². The van der Waals surface area contributed by atoms with Gasteiger partial charge in [-0.15, -0.1) is 0 Å². The normalized spacial score (nSPS) is 12.8. The van der Waals surface area contributed by atoms with Crippen molar-refractivity contribution in [3.63, 3.8) is 0 Å². The second-order valence-corrected chi connectivity index (χ2v) is 21.0. The largest absolute Gasteiger partial charge is 0.466 e. The lowest BCUT2D eigenvalue weighted by Crippen LogP contribution is -2.45. The van der Waals surface area contributed by atoms with Crippen LogP contribution in [0.2, 0.25) is 0 Å². The summed E-state index contributed by atoms with van der Waals surface area (Å²) in [5.74, 6) is -0.161. The van der Waals surface area contributed by atoms with E-state index in [4.69, 9.17) is 4.74 Å². The van der Waals surface area contributed by atoms with Crippen LogP contribution in [0.3, 0.4) is 0 Å². The van der Waals surface area contributed by atoms with Crippen LogP contribution < -0.4 is 5.32 Å². The Morgan fingerprint density at radius 1 is 0.406 bits per heavy atom. The molecular formula is C63H119NO5. The molecule has 2 atom stereocenters.